The molecule has 0 atom stereocenters. The van der Waals surface area contributed by atoms with Gasteiger partial charge < -0.3 is 9.30 Å². The Balaban J connectivity index is 1.46. The van der Waals surface area contributed by atoms with Gasteiger partial charge in [0.25, 0.3) is 0 Å². The number of hydrogen-bond donors (Lipinski definition) is 0. The van der Waals surface area contributed by atoms with Gasteiger partial charge in [0.1, 0.15) is 11.6 Å². The number of imidazole rings is 1. The van der Waals surface area contributed by atoms with E-state index in [4.69, 9.17) is 14.8 Å². The van der Waals surface area contributed by atoms with E-state index in [2.05, 4.69) is 21.8 Å². The van der Waals surface area contributed by atoms with Crippen molar-refractivity contribution in [3.8, 4) is 22.8 Å². The van der Waals surface area contributed by atoms with Gasteiger partial charge in [0.15, 0.2) is 5.82 Å². The van der Waals surface area contributed by atoms with Crippen LogP contribution < -0.4 is 4.74 Å². The molecule has 2 aliphatic rings. The predicted molar refractivity (Wildman–Crippen MR) is 108 cm³/mol. The number of rotatable bonds is 3. The molecule has 1 aliphatic heterocycles. The molecule has 0 bridgehead atoms. The number of hydrogen-bond acceptors (Lipinski definition) is 4. The highest BCUT2D eigenvalue weighted by Crippen LogP contribution is 2.44. The van der Waals surface area contributed by atoms with Crippen molar-refractivity contribution >= 4 is 0 Å². The molecule has 0 saturated heterocycles. The van der Waals surface area contributed by atoms with Gasteiger partial charge in [-0.3, -0.25) is 0 Å². The van der Waals surface area contributed by atoms with Gasteiger partial charge in [0.2, 0.25) is 0 Å². The first-order chi connectivity index (χ1) is 13.7. The summed E-state index contributed by atoms with van der Waals surface area (Å²) in [5.41, 5.74) is 3.42. The van der Waals surface area contributed by atoms with Crippen molar-refractivity contribution in [3.05, 3.63) is 42.2 Å². The van der Waals surface area contributed by atoms with Crippen LogP contribution in [0.3, 0.4) is 0 Å². The van der Waals surface area contributed by atoms with E-state index in [1.54, 1.807) is 7.11 Å². The second kappa shape index (κ2) is 6.76. The third kappa shape index (κ3) is 3.01. The van der Waals surface area contributed by atoms with Crippen molar-refractivity contribution in [1.29, 1.82) is 0 Å². The number of benzene rings is 1. The van der Waals surface area contributed by atoms with E-state index in [1.165, 1.54) is 38.5 Å². The van der Waals surface area contributed by atoms with Gasteiger partial charge in [-0.1, -0.05) is 19.3 Å². The Kier molecular flexibility index (Phi) is 4.22. The normalized spacial score (nSPS) is 18.2. The van der Waals surface area contributed by atoms with E-state index in [1.807, 2.05) is 30.1 Å². The smallest absolute Gasteiger partial charge is 0.181 e. The van der Waals surface area contributed by atoms with Gasteiger partial charge in [0.05, 0.1) is 24.8 Å². The van der Waals surface area contributed by atoms with E-state index >= 15 is 0 Å². The lowest BCUT2D eigenvalue weighted by atomic mass is 9.68. The molecule has 6 nitrogen and oxygen atoms in total. The molecule has 5 rings (SSSR count). The minimum Gasteiger partial charge on any atom is -0.495 e. The molecule has 0 amide bonds. The van der Waals surface area contributed by atoms with Crippen LogP contribution in [-0.2, 0) is 13.0 Å². The number of fused-ring (bicyclic) bond motifs is 1. The molecule has 6 heteroatoms. The maximum absolute atomic E-state index is 5.65. The Hall–Kier alpha value is -2.63. The van der Waals surface area contributed by atoms with Crippen LogP contribution in [0, 0.1) is 12.3 Å². The molecule has 1 saturated carbocycles. The predicted octanol–water partition coefficient (Wildman–Crippen LogP) is 4.34. The Morgan fingerprint density at radius 3 is 2.71 bits per heavy atom. The largest absolute Gasteiger partial charge is 0.495 e. The molecule has 28 heavy (non-hydrogen) atoms. The molecule has 1 spiro atoms. The molecule has 1 fully saturated rings. The summed E-state index contributed by atoms with van der Waals surface area (Å²) < 4.78 is 9.75. The second-order valence-electron chi connectivity index (χ2n) is 8.37. The fraction of sp³-hybridized carbons (Fsp3) is 0.500. The van der Waals surface area contributed by atoms with Crippen LogP contribution in [0.4, 0.5) is 0 Å². The maximum Gasteiger partial charge on any atom is 0.181 e. The van der Waals surface area contributed by atoms with E-state index in [0.717, 1.165) is 47.3 Å². The van der Waals surface area contributed by atoms with Crippen LogP contribution >= 0.6 is 0 Å². The third-order valence-corrected chi connectivity index (χ3v) is 6.48. The minimum atomic E-state index is 0.472. The first-order valence-corrected chi connectivity index (χ1v) is 10.3. The number of aromatic nitrogens is 5. The van der Waals surface area contributed by atoms with Gasteiger partial charge in [-0.25, -0.2) is 14.6 Å². The summed E-state index contributed by atoms with van der Waals surface area (Å²) in [7, 11) is 1.70. The molecular weight excluding hydrogens is 350 g/mol. The summed E-state index contributed by atoms with van der Waals surface area (Å²) in [4.78, 5) is 9.24. The fourth-order valence-electron chi connectivity index (χ4n) is 4.88. The molecule has 0 N–H and O–H groups in total. The van der Waals surface area contributed by atoms with E-state index < -0.39 is 0 Å². The zero-order valence-corrected chi connectivity index (χ0v) is 16.7. The SMILES string of the molecule is COc1cc(-c2nc3n(n2)CCC2(CCCCC2)C3)ccc1-n1cnc(C)c1. The molecule has 0 radical (unpaired) electrons. The van der Waals surface area contributed by atoms with Crippen LogP contribution in [0.25, 0.3) is 17.1 Å². The van der Waals surface area contributed by atoms with Crippen LogP contribution in [0.5, 0.6) is 5.75 Å². The summed E-state index contributed by atoms with van der Waals surface area (Å²) in [6.07, 6.45) is 12.9. The average Bonchev–Trinajstić information content (AvgIpc) is 3.34. The Morgan fingerprint density at radius 1 is 1.11 bits per heavy atom. The topological polar surface area (TPSA) is 57.8 Å². The van der Waals surface area contributed by atoms with Crippen molar-refractivity contribution in [3.63, 3.8) is 0 Å². The maximum atomic E-state index is 5.65. The first-order valence-electron chi connectivity index (χ1n) is 10.3. The van der Waals surface area contributed by atoms with E-state index in [-0.39, 0.29) is 0 Å². The van der Waals surface area contributed by atoms with Crippen molar-refractivity contribution < 1.29 is 4.74 Å². The van der Waals surface area contributed by atoms with Gasteiger partial charge in [0, 0.05) is 24.7 Å². The van der Waals surface area contributed by atoms with Gasteiger partial charge in [-0.05, 0) is 49.8 Å². The Bertz CT molecular complexity index is 996. The molecule has 0 unspecified atom stereocenters. The summed E-state index contributed by atoms with van der Waals surface area (Å²) in [6, 6.07) is 6.16. The molecule has 1 aromatic carbocycles. The number of aryl methyl sites for hydroxylation is 2. The number of ether oxygens (including phenoxy) is 1. The van der Waals surface area contributed by atoms with Crippen molar-refractivity contribution in [2.75, 3.05) is 7.11 Å². The molecular formula is C22H27N5O. The second-order valence-corrected chi connectivity index (χ2v) is 8.37. The average molecular weight is 377 g/mol. The summed E-state index contributed by atoms with van der Waals surface area (Å²) >= 11 is 0. The monoisotopic (exact) mass is 377 g/mol. The van der Waals surface area contributed by atoms with Crippen LogP contribution in [0.15, 0.2) is 30.7 Å². The van der Waals surface area contributed by atoms with Gasteiger partial charge >= 0.3 is 0 Å². The lowest BCUT2D eigenvalue weighted by Crippen LogP contribution is -2.34. The highest BCUT2D eigenvalue weighted by molar-refractivity contribution is 5.63. The molecule has 146 valence electrons. The van der Waals surface area contributed by atoms with Crippen LogP contribution in [-0.4, -0.2) is 31.4 Å². The summed E-state index contributed by atoms with van der Waals surface area (Å²) in [5.74, 6) is 2.75. The molecule has 3 aromatic rings. The van der Waals surface area contributed by atoms with E-state index in [9.17, 15) is 0 Å². The van der Waals surface area contributed by atoms with E-state index in [0.29, 0.717) is 5.41 Å². The summed E-state index contributed by atoms with van der Waals surface area (Å²) in [6.45, 7) is 2.97. The first kappa shape index (κ1) is 17.5. The Labute approximate surface area is 165 Å². The van der Waals surface area contributed by atoms with Crippen LogP contribution in [0.1, 0.15) is 50.0 Å². The molecule has 3 heterocycles. The Morgan fingerprint density at radius 2 is 1.96 bits per heavy atom. The quantitative estimate of drug-likeness (QED) is 0.681. The van der Waals surface area contributed by atoms with Crippen molar-refractivity contribution in [2.24, 2.45) is 5.41 Å². The van der Waals surface area contributed by atoms with Crippen molar-refractivity contribution in [1.82, 2.24) is 24.3 Å². The number of methoxy groups -OCH3 is 1. The molecule has 1 aliphatic carbocycles. The standard InChI is InChI=1S/C22H27N5O/c1-16-14-26(15-23-16)18-7-6-17(12-19(18)28-2)21-24-20-13-22(8-4-3-5-9-22)10-11-27(20)25-21/h6-7,12,14-15H,3-5,8-11,13H2,1-2H3. The molecule has 2 aromatic heterocycles. The van der Waals surface area contributed by atoms with Crippen LogP contribution in [0.2, 0.25) is 0 Å². The fourth-order valence-corrected chi connectivity index (χ4v) is 4.88. The lowest BCUT2D eigenvalue weighted by Gasteiger charge is -2.39. The lowest BCUT2D eigenvalue weighted by molar-refractivity contribution is 0.135. The summed E-state index contributed by atoms with van der Waals surface area (Å²) in [5, 5.41) is 4.81. The zero-order chi connectivity index (χ0) is 19.1. The highest BCUT2D eigenvalue weighted by Gasteiger charge is 2.37. The van der Waals surface area contributed by atoms with Crippen molar-refractivity contribution in [2.45, 2.75) is 58.4 Å². The highest BCUT2D eigenvalue weighted by atomic mass is 16.5. The zero-order valence-electron chi connectivity index (χ0n) is 16.7. The van der Waals surface area contributed by atoms with Gasteiger partial charge in [-0.2, -0.15) is 5.10 Å². The van der Waals surface area contributed by atoms with Gasteiger partial charge in [-0.15, -0.1) is 0 Å². The number of nitrogens with zero attached hydrogens (tertiary/aromatic N) is 5. The third-order valence-electron chi connectivity index (χ3n) is 6.48. The minimum absolute atomic E-state index is 0.472.